The molecule has 1 amide bonds. The Hall–Kier alpha value is -2.63. The van der Waals surface area contributed by atoms with Crippen LogP contribution in [-0.4, -0.2) is 44.0 Å². The first-order chi connectivity index (χ1) is 13.7. The number of fused-ring (bicyclic) bond motifs is 3. The van der Waals surface area contributed by atoms with Gasteiger partial charge in [-0.3, -0.25) is 0 Å². The van der Waals surface area contributed by atoms with Crippen molar-refractivity contribution in [3.8, 4) is 11.5 Å². The van der Waals surface area contributed by atoms with Crippen LogP contribution in [0.15, 0.2) is 36.6 Å². The van der Waals surface area contributed by atoms with Crippen LogP contribution < -0.4 is 9.47 Å². The lowest BCUT2D eigenvalue weighted by molar-refractivity contribution is 0.0284. The highest BCUT2D eigenvalue weighted by atomic mass is 16.6. The number of rotatable bonds is 5. The number of allylic oxidation sites excluding steroid dienone is 1. The standard InChI is InChI=1S/C23H31NO5/c1-22(2,3)29-21(25)24(4)15-16-10-11-17(27-6)20-19(16)23(13-14-26-5)12-8-7-9-18(23)28-20/h8,10-14,18H,7,9,15H2,1-6H3/b14-13-/t18-,23-/m0/s1. The summed E-state index contributed by atoms with van der Waals surface area (Å²) in [7, 11) is 5.02. The van der Waals surface area contributed by atoms with Crippen molar-refractivity contribution in [2.75, 3.05) is 21.3 Å². The van der Waals surface area contributed by atoms with Gasteiger partial charge < -0.3 is 23.8 Å². The molecule has 1 aliphatic heterocycles. The molecule has 0 radical (unpaired) electrons. The first-order valence-corrected chi connectivity index (χ1v) is 9.91. The normalized spacial score (nSPS) is 22.6. The third-order valence-electron chi connectivity index (χ3n) is 5.24. The predicted octanol–water partition coefficient (Wildman–Crippen LogP) is 4.57. The van der Waals surface area contributed by atoms with Crippen LogP contribution in [0.1, 0.15) is 44.7 Å². The molecule has 2 aliphatic rings. The van der Waals surface area contributed by atoms with Gasteiger partial charge in [-0.2, -0.15) is 0 Å². The molecule has 2 atom stereocenters. The Labute approximate surface area is 173 Å². The van der Waals surface area contributed by atoms with Crippen LogP contribution in [0.3, 0.4) is 0 Å². The van der Waals surface area contributed by atoms with E-state index < -0.39 is 11.0 Å². The summed E-state index contributed by atoms with van der Waals surface area (Å²) in [4.78, 5) is 14.1. The van der Waals surface area contributed by atoms with Crippen molar-refractivity contribution in [1.82, 2.24) is 4.90 Å². The number of hydrogen-bond acceptors (Lipinski definition) is 5. The van der Waals surface area contributed by atoms with Gasteiger partial charge >= 0.3 is 6.09 Å². The van der Waals surface area contributed by atoms with E-state index in [-0.39, 0.29) is 12.2 Å². The molecule has 29 heavy (non-hydrogen) atoms. The number of benzene rings is 1. The van der Waals surface area contributed by atoms with Crippen molar-refractivity contribution in [1.29, 1.82) is 0 Å². The molecule has 0 unspecified atom stereocenters. The molecule has 0 aromatic heterocycles. The summed E-state index contributed by atoms with van der Waals surface area (Å²) in [6.45, 7) is 5.98. The number of ether oxygens (including phenoxy) is 4. The van der Waals surface area contributed by atoms with Gasteiger partial charge in [0.25, 0.3) is 0 Å². The average molecular weight is 402 g/mol. The number of hydrogen-bond donors (Lipinski definition) is 0. The summed E-state index contributed by atoms with van der Waals surface area (Å²) in [6, 6.07) is 3.89. The van der Waals surface area contributed by atoms with Gasteiger partial charge in [-0.05, 0) is 51.3 Å². The fourth-order valence-corrected chi connectivity index (χ4v) is 3.99. The topological polar surface area (TPSA) is 57.2 Å². The SMILES string of the molecule is CO/C=C\[C@@]12C=CCC[C@@H]1Oc1c(OC)ccc(CN(C)C(=O)OC(C)(C)C)c12. The number of amides is 1. The van der Waals surface area contributed by atoms with E-state index in [9.17, 15) is 4.79 Å². The highest BCUT2D eigenvalue weighted by Gasteiger charge is 2.49. The summed E-state index contributed by atoms with van der Waals surface area (Å²) in [5, 5.41) is 0. The summed E-state index contributed by atoms with van der Waals surface area (Å²) >= 11 is 0. The molecule has 0 N–H and O–H groups in total. The molecule has 0 saturated heterocycles. The third-order valence-corrected chi connectivity index (χ3v) is 5.24. The van der Waals surface area contributed by atoms with Gasteiger partial charge in [0.1, 0.15) is 11.7 Å². The molecule has 1 aromatic carbocycles. The van der Waals surface area contributed by atoms with Crippen molar-refractivity contribution in [3.05, 3.63) is 47.7 Å². The summed E-state index contributed by atoms with van der Waals surface area (Å²) in [5.41, 5.74) is 1.00. The Kier molecular flexibility index (Phi) is 5.82. The molecule has 0 bridgehead atoms. The smallest absolute Gasteiger partial charge is 0.410 e. The van der Waals surface area contributed by atoms with E-state index in [1.807, 2.05) is 39.0 Å². The van der Waals surface area contributed by atoms with Crippen molar-refractivity contribution in [2.45, 2.75) is 57.3 Å². The minimum Gasteiger partial charge on any atom is -0.505 e. The lowest BCUT2D eigenvalue weighted by Gasteiger charge is -2.32. The van der Waals surface area contributed by atoms with Crippen LogP contribution >= 0.6 is 0 Å². The maximum absolute atomic E-state index is 12.5. The quantitative estimate of drug-likeness (QED) is 0.534. The maximum atomic E-state index is 12.5. The molecule has 0 saturated carbocycles. The third kappa shape index (κ3) is 4.07. The summed E-state index contributed by atoms with van der Waals surface area (Å²) in [5.74, 6) is 1.43. The zero-order valence-electron chi connectivity index (χ0n) is 18.2. The number of methoxy groups -OCH3 is 2. The molecular formula is C23H31NO5. The molecule has 1 aromatic rings. The van der Waals surface area contributed by atoms with Crippen molar-refractivity contribution in [2.24, 2.45) is 0 Å². The maximum Gasteiger partial charge on any atom is 0.410 e. The highest BCUT2D eigenvalue weighted by Crippen LogP contribution is 2.54. The minimum atomic E-state index is -0.546. The fraction of sp³-hybridized carbons (Fsp3) is 0.522. The molecule has 1 aliphatic carbocycles. The second kappa shape index (κ2) is 8.01. The van der Waals surface area contributed by atoms with Crippen molar-refractivity contribution in [3.63, 3.8) is 0 Å². The second-order valence-corrected chi connectivity index (χ2v) is 8.53. The molecule has 0 spiro atoms. The van der Waals surface area contributed by atoms with Gasteiger partial charge in [0.2, 0.25) is 0 Å². The molecular weight excluding hydrogens is 370 g/mol. The molecule has 3 rings (SSSR count). The van der Waals surface area contributed by atoms with Crippen LogP contribution in [0.2, 0.25) is 0 Å². The first kappa shape index (κ1) is 21.1. The van der Waals surface area contributed by atoms with Crippen LogP contribution in [0, 0.1) is 0 Å². The second-order valence-electron chi connectivity index (χ2n) is 8.53. The minimum absolute atomic E-state index is 0.0456. The summed E-state index contributed by atoms with van der Waals surface area (Å²) in [6.07, 6.45) is 9.53. The van der Waals surface area contributed by atoms with Crippen LogP contribution in [0.25, 0.3) is 0 Å². The Bertz CT molecular complexity index is 823. The Morgan fingerprint density at radius 2 is 2.10 bits per heavy atom. The zero-order chi connectivity index (χ0) is 21.2. The van der Waals surface area contributed by atoms with Crippen molar-refractivity contribution < 1.29 is 23.7 Å². The zero-order valence-corrected chi connectivity index (χ0v) is 18.2. The van der Waals surface area contributed by atoms with Crippen molar-refractivity contribution >= 4 is 6.09 Å². The Morgan fingerprint density at radius 3 is 2.76 bits per heavy atom. The Morgan fingerprint density at radius 1 is 1.34 bits per heavy atom. The fourth-order valence-electron chi connectivity index (χ4n) is 3.99. The number of nitrogens with zero attached hydrogens (tertiary/aromatic N) is 1. The van der Waals surface area contributed by atoms with Gasteiger partial charge in [-0.1, -0.05) is 18.2 Å². The molecule has 158 valence electrons. The largest absolute Gasteiger partial charge is 0.505 e. The molecule has 6 heteroatoms. The number of carbonyl (C=O) groups excluding carboxylic acids is 1. The first-order valence-electron chi connectivity index (χ1n) is 9.91. The highest BCUT2D eigenvalue weighted by molar-refractivity contribution is 5.69. The van der Waals surface area contributed by atoms with Gasteiger partial charge in [-0.15, -0.1) is 0 Å². The van der Waals surface area contributed by atoms with Gasteiger partial charge in [-0.25, -0.2) is 4.79 Å². The van der Waals surface area contributed by atoms with E-state index in [1.54, 1.807) is 32.4 Å². The van der Waals surface area contributed by atoms with E-state index in [0.29, 0.717) is 12.3 Å². The Balaban J connectivity index is 2.04. The van der Waals surface area contributed by atoms with Crippen LogP contribution in [0.4, 0.5) is 4.79 Å². The van der Waals surface area contributed by atoms with Crippen LogP contribution in [0.5, 0.6) is 11.5 Å². The van der Waals surface area contributed by atoms with Gasteiger partial charge in [0, 0.05) is 19.2 Å². The van der Waals surface area contributed by atoms with E-state index in [4.69, 9.17) is 18.9 Å². The summed E-state index contributed by atoms with van der Waals surface area (Å²) < 4.78 is 22.7. The predicted molar refractivity (Wildman–Crippen MR) is 111 cm³/mol. The number of carbonyl (C=O) groups is 1. The van der Waals surface area contributed by atoms with Gasteiger partial charge in [0.05, 0.1) is 25.9 Å². The molecule has 6 nitrogen and oxygen atoms in total. The van der Waals surface area contributed by atoms with E-state index in [2.05, 4.69) is 12.2 Å². The molecule has 1 heterocycles. The van der Waals surface area contributed by atoms with E-state index in [1.165, 1.54) is 0 Å². The van der Waals surface area contributed by atoms with Gasteiger partial charge in [0.15, 0.2) is 11.5 Å². The monoisotopic (exact) mass is 401 g/mol. The lowest BCUT2D eigenvalue weighted by Crippen LogP contribution is -2.38. The van der Waals surface area contributed by atoms with E-state index >= 15 is 0 Å². The molecule has 0 fully saturated rings. The van der Waals surface area contributed by atoms with E-state index in [0.717, 1.165) is 29.7 Å². The van der Waals surface area contributed by atoms with Crippen LogP contribution in [-0.2, 0) is 21.4 Å². The average Bonchev–Trinajstić information content (AvgIpc) is 3.01. The lowest BCUT2D eigenvalue weighted by atomic mass is 9.71.